The average molecular weight is 239 g/mol. The van der Waals surface area contributed by atoms with Gasteiger partial charge in [-0.25, -0.2) is 23.2 Å². The summed E-state index contributed by atoms with van der Waals surface area (Å²) in [5, 5.41) is 8.88. The first-order valence-electron chi connectivity index (χ1n) is 4.26. The lowest BCUT2D eigenvalue weighted by molar-refractivity contribution is 0.597. The van der Waals surface area contributed by atoms with Crippen molar-refractivity contribution in [3.05, 3.63) is 30.9 Å². The van der Waals surface area contributed by atoms with E-state index in [0.29, 0.717) is 11.4 Å². The van der Waals surface area contributed by atoms with Gasteiger partial charge in [0.25, 0.3) is 0 Å². The molecule has 2 rings (SSSR count). The Bertz CT molecular complexity index is 605. The molecular weight excluding hydrogens is 230 g/mol. The molecule has 0 saturated heterocycles. The largest absolute Gasteiger partial charge is 0.397 e. The molecule has 4 N–H and O–H groups in total. The van der Waals surface area contributed by atoms with Gasteiger partial charge in [-0.1, -0.05) is 0 Å². The number of aromatic nitrogens is 3. The third-order valence-electron chi connectivity index (χ3n) is 2.00. The first kappa shape index (κ1) is 10.6. The molecule has 1 aromatic carbocycles. The molecule has 0 aliphatic heterocycles. The fourth-order valence-electron chi connectivity index (χ4n) is 1.23. The third-order valence-corrected chi connectivity index (χ3v) is 2.91. The highest BCUT2D eigenvalue weighted by Crippen LogP contribution is 2.19. The molecule has 16 heavy (non-hydrogen) atoms. The van der Waals surface area contributed by atoms with E-state index in [1.807, 2.05) is 0 Å². The van der Waals surface area contributed by atoms with Crippen molar-refractivity contribution in [1.29, 1.82) is 0 Å². The number of hydrogen-bond acceptors (Lipinski definition) is 5. The lowest BCUT2D eigenvalue weighted by Gasteiger charge is -2.06. The summed E-state index contributed by atoms with van der Waals surface area (Å²) in [5.74, 6) is 0. The van der Waals surface area contributed by atoms with Crippen molar-refractivity contribution in [2.75, 3.05) is 5.73 Å². The Labute approximate surface area is 91.8 Å². The minimum Gasteiger partial charge on any atom is -0.397 e. The van der Waals surface area contributed by atoms with Crippen molar-refractivity contribution in [2.24, 2.45) is 5.14 Å². The third kappa shape index (κ3) is 1.88. The minimum absolute atomic E-state index is 0.0211. The van der Waals surface area contributed by atoms with E-state index >= 15 is 0 Å². The van der Waals surface area contributed by atoms with Crippen LogP contribution in [0.15, 0.2) is 35.7 Å². The number of benzene rings is 1. The zero-order valence-electron chi connectivity index (χ0n) is 8.11. The number of nitrogen functional groups attached to an aromatic ring is 1. The van der Waals surface area contributed by atoms with E-state index in [9.17, 15) is 8.42 Å². The van der Waals surface area contributed by atoms with Gasteiger partial charge >= 0.3 is 0 Å². The van der Waals surface area contributed by atoms with Crippen LogP contribution in [0.3, 0.4) is 0 Å². The molecule has 0 radical (unpaired) electrons. The first-order valence-corrected chi connectivity index (χ1v) is 5.80. The molecule has 84 valence electrons. The summed E-state index contributed by atoms with van der Waals surface area (Å²) < 4.78 is 23.7. The van der Waals surface area contributed by atoms with Crippen LogP contribution >= 0.6 is 0 Å². The Morgan fingerprint density at radius 2 is 2.06 bits per heavy atom. The quantitative estimate of drug-likeness (QED) is 0.685. The summed E-state index contributed by atoms with van der Waals surface area (Å²) in [6.45, 7) is 0. The molecule has 0 aliphatic carbocycles. The summed E-state index contributed by atoms with van der Waals surface area (Å²) >= 11 is 0. The second kappa shape index (κ2) is 3.58. The van der Waals surface area contributed by atoms with E-state index in [1.165, 1.54) is 35.5 Å². The van der Waals surface area contributed by atoms with Gasteiger partial charge in [0.1, 0.15) is 12.7 Å². The molecule has 1 heterocycles. The maximum Gasteiger partial charge on any atom is 0.238 e. The van der Waals surface area contributed by atoms with Crippen molar-refractivity contribution < 1.29 is 8.42 Å². The van der Waals surface area contributed by atoms with E-state index < -0.39 is 10.0 Å². The van der Waals surface area contributed by atoms with E-state index in [2.05, 4.69) is 10.1 Å². The Hall–Kier alpha value is -1.93. The lowest BCUT2D eigenvalue weighted by Crippen LogP contribution is -2.13. The Morgan fingerprint density at radius 1 is 1.31 bits per heavy atom. The zero-order valence-corrected chi connectivity index (χ0v) is 8.92. The highest BCUT2D eigenvalue weighted by Gasteiger charge is 2.11. The maximum absolute atomic E-state index is 11.2. The van der Waals surface area contributed by atoms with Gasteiger partial charge in [0.15, 0.2) is 0 Å². The predicted octanol–water partition coefficient (Wildman–Crippen LogP) is -0.503. The van der Waals surface area contributed by atoms with Crippen LogP contribution in [0.25, 0.3) is 5.69 Å². The van der Waals surface area contributed by atoms with Crippen LogP contribution in [0.5, 0.6) is 0 Å². The molecule has 0 saturated carbocycles. The normalized spacial score (nSPS) is 11.6. The topological polar surface area (TPSA) is 117 Å². The number of sulfonamides is 1. The Kier molecular flexibility index (Phi) is 2.37. The highest BCUT2D eigenvalue weighted by atomic mass is 32.2. The smallest absolute Gasteiger partial charge is 0.238 e. The minimum atomic E-state index is -3.75. The molecule has 8 heteroatoms. The molecule has 0 aliphatic rings. The highest BCUT2D eigenvalue weighted by molar-refractivity contribution is 7.89. The molecule has 0 bridgehead atoms. The summed E-state index contributed by atoms with van der Waals surface area (Å²) in [6, 6.07) is 4.14. The molecule has 0 fully saturated rings. The van der Waals surface area contributed by atoms with Crippen LogP contribution < -0.4 is 10.9 Å². The zero-order chi connectivity index (χ0) is 11.8. The molecule has 0 spiro atoms. The molecule has 2 aromatic rings. The summed E-state index contributed by atoms with van der Waals surface area (Å²) in [6.07, 6.45) is 2.74. The van der Waals surface area contributed by atoms with Crippen LogP contribution in [0.1, 0.15) is 0 Å². The fourth-order valence-corrected chi connectivity index (χ4v) is 1.77. The molecular formula is C8H9N5O2S. The number of nitrogens with two attached hydrogens (primary N) is 2. The maximum atomic E-state index is 11.2. The molecule has 0 unspecified atom stereocenters. The van der Waals surface area contributed by atoms with E-state index in [4.69, 9.17) is 10.9 Å². The Balaban J connectivity index is 2.63. The van der Waals surface area contributed by atoms with Crippen molar-refractivity contribution >= 4 is 15.7 Å². The van der Waals surface area contributed by atoms with Gasteiger partial charge < -0.3 is 5.73 Å². The molecule has 0 atom stereocenters. The van der Waals surface area contributed by atoms with Gasteiger partial charge in [0.05, 0.1) is 16.3 Å². The van der Waals surface area contributed by atoms with Crippen LogP contribution in [-0.4, -0.2) is 23.2 Å². The van der Waals surface area contributed by atoms with Crippen molar-refractivity contribution in [3.8, 4) is 5.69 Å². The SMILES string of the molecule is Nc1ccc(S(N)(=O)=O)cc1-n1cncn1. The second-order valence-electron chi connectivity index (χ2n) is 3.11. The molecule has 0 amide bonds. The summed E-state index contributed by atoms with van der Waals surface area (Å²) in [7, 11) is -3.75. The number of anilines is 1. The van der Waals surface area contributed by atoms with Crippen molar-refractivity contribution in [2.45, 2.75) is 4.90 Å². The summed E-state index contributed by atoms with van der Waals surface area (Å²) in [4.78, 5) is 3.73. The first-order chi connectivity index (χ1) is 7.48. The lowest BCUT2D eigenvalue weighted by atomic mass is 10.3. The number of primary sulfonamides is 1. The van der Waals surface area contributed by atoms with Gasteiger partial charge in [-0.3, -0.25) is 0 Å². The number of nitrogens with zero attached hydrogens (tertiary/aromatic N) is 3. The average Bonchev–Trinajstić information content (AvgIpc) is 2.69. The summed E-state index contributed by atoms with van der Waals surface area (Å²) in [5.41, 5.74) is 6.51. The van der Waals surface area contributed by atoms with Crippen LogP contribution in [0.4, 0.5) is 5.69 Å². The Morgan fingerprint density at radius 3 is 2.62 bits per heavy atom. The molecule has 7 nitrogen and oxygen atoms in total. The van der Waals surface area contributed by atoms with Crippen molar-refractivity contribution in [3.63, 3.8) is 0 Å². The van der Waals surface area contributed by atoms with Gasteiger partial charge in [0, 0.05) is 0 Å². The number of rotatable bonds is 2. The van der Waals surface area contributed by atoms with E-state index in [0.717, 1.165) is 0 Å². The van der Waals surface area contributed by atoms with Crippen LogP contribution in [0, 0.1) is 0 Å². The number of hydrogen-bond donors (Lipinski definition) is 2. The van der Waals surface area contributed by atoms with Crippen LogP contribution in [-0.2, 0) is 10.0 Å². The van der Waals surface area contributed by atoms with Gasteiger partial charge in [0.2, 0.25) is 10.0 Å². The monoisotopic (exact) mass is 239 g/mol. The second-order valence-corrected chi connectivity index (χ2v) is 4.67. The van der Waals surface area contributed by atoms with Crippen LogP contribution in [0.2, 0.25) is 0 Å². The van der Waals surface area contributed by atoms with Gasteiger partial charge in [-0.2, -0.15) is 5.10 Å². The van der Waals surface area contributed by atoms with Gasteiger partial charge in [-0.05, 0) is 18.2 Å². The molecule has 1 aromatic heterocycles. The van der Waals surface area contributed by atoms with Gasteiger partial charge in [-0.15, -0.1) is 0 Å². The fraction of sp³-hybridized carbons (Fsp3) is 0. The van der Waals surface area contributed by atoms with E-state index in [-0.39, 0.29) is 4.90 Å². The van der Waals surface area contributed by atoms with E-state index in [1.54, 1.807) is 0 Å². The van der Waals surface area contributed by atoms with Crippen molar-refractivity contribution in [1.82, 2.24) is 14.8 Å². The predicted molar refractivity (Wildman–Crippen MR) is 57.1 cm³/mol. The standard InChI is InChI=1S/C8H9N5O2S/c9-7-2-1-6(16(10,14)15)3-8(7)13-5-11-4-12-13/h1-5H,9H2,(H2,10,14,15).